The third-order valence-corrected chi connectivity index (χ3v) is 5.08. The van der Waals surface area contributed by atoms with Crippen molar-refractivity contribution in [2.24, 2.45) is 0 Å². The first-order valence-electron chi connectivity index (χ1n) is 8.65. The number of fused-ring (bicyclic) bond motifs is 5. The van der Waals surface area contributed by atoms with Crippen molar-refractivity contribution in [2.45, 2.75) is 49.5 Å². The molecule has 1 unspecified atom stereocenters. The van der Waals surface area contributed by atoms with E-state index in [1.807, 2.05) is 32.5 Å². The maximum atomic E-state index is 6.94. The number of nitrogens with one attached hydrogen (secondary N) is 1. The first-order chi connectivity index (χ1) is 13.2. The van der Waals surface area contributed by atoms with Crippen molar-refractivity contribution in [1.29, 1.82) is 0 Å². The topological polar surface area (TPSA) is 23.8 Å². The summed E-state index contributed by atoms with van der Waals surface area (Å²) in [6.45, 7) is 9.87. The van der Waals surface area contributed by atoms with Gasteiger partial charge in [0.15, 0.2) is 0 Å². The third-order valence-electron chi connectivity index (χ3n) is 3.25. The number of benzene rings is 2. The van der Waals surface area contributed by atoms with Gasteiger partial charge in [-0.05, 0) is 11.0 Å². The molecule has 1 heterocycles. The molecule has 7 heteroatoms. The third kappa shape index (κ3) is 8.79. The minimum absolute atomic E-state index is 0.250. The van der Waals surface area contributed by atoms with Gasteiger partial charge in [0, 0.05) is 19.2 Å². The second-order valence-electron chi connectivity index (χ2n) is 7.09. The molecule has 0 saturated heterocycles. The molecule has 0 bridgehead atoms. The van der Waals surface area contributed by atoms with Gasteiger partial charge >= 0.3 is 37.9 Å². The molecule has 1 nitrogen and oxygen atoms in total. The van der Waals surface area contributed by atoms with Gasteiger partial charge in [0.1, 0.15) is 0 Å². The van der Waals surface area contributed by atoms with Crippen molar-refractivity contribution in [2.75, 3.05) is 0 Å². The molecule has 148 valence electrons. The van der Waals surface area contributed by atoms with Crippen molar-refractivity contribution in [3.05, 3.63) is 75.4 Å². The fraction of sp³-hybridized carbons (Fsp3) is 0.333. The Balaban J connectivity index is 0.000000301. The van der Waals surface area contributed by atoms with Crippen LogP contribution in [0.25, 0.3) is 11.3 Å². The first-order valence-corrected chi connectivity index (χ1v) is 18.7. The minimum atomic E-state index is -0.826. The molecule has 2 aromatic rings. The molecule has 2 radical (unpaired) electrons. The Hall–Kier alpha value is 0.650. The second-order valence-corrected chi connectivity index (χ2v) is 13.9. The average Bonchev–Trinajstić information content (AvgIpc) is 3.11. The van der Waals surface area contributed by atoms with Gasteiger partial charge in [-0.25, -0.2) is 0 Å². The van der Waals surface area contributed by atoms with E-state index in [-0.39, 0.29) is 5.54 Å². The first kappa shape index (κ1) is 26.7. The van der Waals surface area contributed by atoms with Gasteiger partial charge in [0.05, 0.1) is 0 Å². The summed E-state index contributed by atoms with van der Waals surface area (Å²) in [6.07, 6.45) is 3.55. The molecule has 0 fully saturated rings. The normalized spacial score (nSPS) is 15.0. The SMILES string of the molecule is Brc1ccc2c(c1)C1=[C-]c3ccccc3C1S2.CC(C)(C)[NH-].C[Si]C.[Cl][Zr+2][Cl]. The Morgan fingerprint density at radius 3 is 2.25 bits per heavy atom. The van der Waals surface area contributed by atoms with Crippen LogP contribution in [0.1, 0.15) is 42.7 Å². The number of rotatable bonds is 0. The Kier molecular flexibility index (Phi) is 12.5. The van der Waals surface area contributed by atoms with Crippen LogP contribution in [0.4, 0.5) is 0 Å². The summed E-state index contributed by atoms with van der Waals surface area (Å²) in [7, 11) is 11.0. The van der Waals surface area contributed by atoms with E-state index >= 15 is 0 Å². The van der Waals surface area contributed by atoms with E-state index in [9.17, 15) is 0 Å². The summed E-state index contributed by atoms with van der Waals surface area (Å²) in [4.78, 5) is 1.37. The monoisotopic (exact) mass is 589 g/mol. The summed E-state index contributed by atoms with van der Waals surface area (Å²) in [6, 6.07) is 15.1. The molecule has 28 heavy (non-hydrogen) atoms. The van der Waals surface area contributed by atoms with E-state index in [2.05, 4.69) is 77.6 Å². The van der Waals surface area contributed by atoms with Crippen LogP contribution in [0.15, 0.2) is 51.8 Å². The van der Waals surface area contributed by atoms with Crippen molar-refractivity contribution in [3.8, 4) is 0 Å². The Morgan fingerprint density at radius 2 is 1.68 bits per heavy atom. The van der Waals surface area contributed by atoms with E-state index in [0.29, 0.717) is 5.25 Å². The zero-order valence-electron chi connectivity index (χ0n) is 16.7. The predicted octanol–water partition coefficient (Wildman–Crippen LogP) is 8.84. The maximum absolute atomic E-state index is 6.94. The van der Waals surface area contributed by atoms with Crippen LogP contribution >= 0.6 is 44.7 Å². The molecule has 1 aliphatic carbocycles. The number of halogens is 3. The van der Waals surface area contributed by atoms with Gasteiger partial charge < -0.3 is 5.73 Å². The molecule has 0 amide bonds. The van der Waals surface area contributed by atoms with E-state index in [1.165, 1.54) is 27.2 Å². The average molecular weight is 593 g/mol. The van der Waals surface area contributed by atoms with Crippen LogP contribution in [0.5, 0.6) is 0 Å². The van der Waals surface area contributed by atoms with Crippen molar-refractivity contribution in [3.63, 3.8) is 0 Å². The molecule has 1 atom stereocenters. The summed E-state index contributed by atoms with van der Waals surface area (Å²) in [5.74, 6) is 0. The van der Waals surface area contributed by atoms with Gasteiger partial charge in [0.2, 0.25) is 0 Å². The van der Waals surface area contributed by atoms with Crippen LogP contribution < -0.4 is 0 Å². The zero-order chi connectivity index (χ0) is 21.3. The molecule has 1 N–H and O–H groups in total. The quantitative estimate of drug-likeness (QED) is 0.222. The van der Waals surface area contributed by atoms with Gasteiger partial charge in [-0.3, -0.25) is 0 Å². The summed E-state index contributed by atoms with van der Waals surface area (Å²) < 4.78 is 1.14. The molecule has 2 aliphatic rings. The van der Waals surface area contributed by atoms with Gasteiger partial charge in [-0.15, -0.1) is 52.2 Å². The number of thioether (sulfide) groups is 1. The van der Waals surface area contributed by atoms with Crippen LogP contribution in [0.2, 0.25) is 13.1 Å². The van der Waals surface area contributed by atoms with Crippen LogP contribution in [-0.4, -0.2) is 15.1 Å². The zero-order valence-corrected chi connectivity index (χ0v) is 24.0. The molecule has 1 aliphatic heterocycles. The molecule has 0 saturated carbocycles. The van der Waals surface area contributed by atoms with E-state index in [0.717, 1.165) is 14.0 Å². The Labute approximate surface area is 203 Å². The van der Waals surface area contributed by atoms with E-state index in [1.54, 1.807) is 0 Å². The molecule has 0 aromatic heterocycles. The second kappa shape index (κ2) is 13.1. The van der Waals surface area contributed by atoms with Crippen molar-refractivity contribution >= 4 is 59.8 Å². The Bertz CT molecular complexity index is 788. The van der Waals surface area contributed by atoms with Crippen molar-refractivity contribution in [1.82, 2.24) is 0 Å². The summed E-state index contributed by atoms with van der Waals surface area (Å²) >= 11 is 4.66. The van der Waals surface area contributed by atoms with Gasteiger partial charge in [0.25, 0.3) is 0 Å². The van der Waals surface area contributed by atoms with Crippen LogP contribution in [0, 0.1) is 6.08 Å². The fourth-order valence-corrected chi connectivity index (χ4v) is 4.17. The molecular formula is C21H24BrCl2NSSiZr. The summed E-state index contributed by atoms with van der Waals surface area (Å²) in [5.41, 5.74) is 12.0. The van der Waals surface area contributed by atoms with Crippen molar-refractivity contribution < 1.29 is 20.8 Å². The molecular weight excluding hydrogens is 568 g/mol. The standard InChI is InChI=1S/C15H8BrS.C4H10N.C2H6Si.2ClH.Zr/c16-10-5-6-14-12(8-10)13-7-9-3-1-2-4-11(9)15(13)17-14;1-4(2,3)5;1-3-2;;;/h1-6,8,15H;5H,1-3H3;1-2H3;2*1H;/q2*-1;;;;+4/p-2. The molecule has 0 spiro atoms. The van der Waals surface area contributed by atoms with Gasteiger partial charge in [-0.2, -0.15) is 0 Å². The van der Waals surface area contributed by atoms with Gasteiger partial charge in [-0.1, -0.05) is 79.6 Å². The van der Waals surface area contributed by atoms with Crippen LogP contribution in [-0.2, 0) is 20.8 Å². The van der Waals surface area contributed by atoms with Crippen LogP contribution in [0.3, 0.4) is 0 Å². The summed E-state index contributed by atoms with van der Waals surface area (Å²) in [5, 5.41) is 0.454. The number of hydrogen-bond acceptors (Lipinski definition) is 1. The predicted molar refractivity (Wildman–Crippen MR) is 128 cm³/mol. The number of hydrogen-bond donors (Lipinski definition) is 0. The van der Waals surface area contributed by atoms with E-state index < -0.39 is 20.8 Å². The molecule has 4 rings (SSSR count). The Morgan fingerprint density at radius 1 is 1.14 bits per heavy atom. The molecule has 2 aromatic carbocycles. The fourth-order valence-electron chi connectivity index (χ4n) is 2.48. The van der Waals surface area contributed by atoms with E-state index in [4.69, 9.17) is 22.8 Å².